The highest BCUT2D eigenvalue weighted by atomic mass is 16.1. The van der Waals surface area contributed by atoms with Crippen molar-refractivity contribution in [3.05, 3.63) is 12.3 Å². The van der Waals surface area contributed by atoms with Crippen LogP contribution in [0.1, 0.15) is 13.8 Å². The van der Waals surface area contributed by atoms with Crippen molar-refractivity contribution in [2.45, 2.75) is 13.8 Å². The van der Waals surface area contributed by atoms with E-state index in [1.165, 1.54) is 0 Å². The van der Waals surface area contributed by atoms with Gasteiger partial charge in [0.2, 0.25) is 5.91 Å². The van der Waals surface area contributed by atoms with Crippen LogP contribution in [-0.4, -0.2) is 5.91 Å². The summed E-state index contributed by atoms with van der Waals surface area (Å²) in [5.41, 5.74) is 0. The second-order valence-corrected chi connectivity index (χ2v) is 2.52. The number of carbonyl (C=O) groups is 1. The van der Waals surface area contributed by atoms with Crippen molar-refractivity contribution < 1.29 is 4.79 Å². The van der Waals surface area contributed by atoms with E-state index in [0.29, 0.717) is 5.92 Å². The van der Waals surface area contributed by atoms with E-state index in [1.807, 2.05) is 19.9 Å². The van der Waals surface area contributed by atoms with E-state index in [9.17, 15) is 4.79 Å². The highest BCUT2D eigenvalue weighted by Gasteiger charge is 2.19. The Hall–Kier alpha value is -0.790. The molecule has 0 aliphatic carbocycles. The molecule has 0 aromatic carbocycles. The number of amides is 1. The third-order valence-corrected chi connectivity index (χ3v) is 1.83. The summed E-state index contributed by atoms with van der Waals surface area (Å²) in [4.78, 5) is 10.8. The third-order valence-electron chi connectivity index (χ3n) is 1.83. The van der Waals surface area contributed by atoms with Gasteiger partial charge < -0.3 is 5.32 Å². The molecule has 50 valence electrons. The van der Waals surface area contributed by atoms with E-state index in [-0.39, 0.29) is 11.8 Å². The Kier molecular flexibility index (Phi) is 1.56. The summed E-state index contributed by atoms with van der Waals surface area (Å²) in [6, 6.07) is 0. The maximum atomic E-state index is 10.8. The first-order valence-corrected chi connectivity index (χ1v) is 3.19. The molecule has 1 aliphatic heterocycles. The van der Waals surface area contributed by atoms with E-state index >= 15 is 0 Å². The molecule has 0 radical (unpaired) electrons. The summed E-state index contributed by atoms with van der Waals surface area (Å²) in [5.74, 6) is 0.652. The molecule has 0 aromatic rings. The molecule has 0 saturated heterocycles. The van der Waals surface area contributed by atoms with Gasteiger partial charge in [0.25, 0.3) is 0 Å². The van der Waals surface area contributed by atoms with Gasteiger partial charge in [0.1, 0.15) is 0 Å². The van der Waals surface area contributed by atoms with Crippen LogP contribution in [0.15, 0.2) is 12.3 Å². The zero-order valence-electron chi connectivity index (χ0n) is 5.72. The summed E-state index contributed by atoms with van der Waals surface area (Å²) >= 11 is 0. The number of nitrogens with one attached hydrogen (secondary N) is 1. The summed E-state index contributed by atoms with van der Waals surface area (Å²) in [6.07, 6.45) is 3.72. The largest absolute Gasteiger partial charge is 0.333 e. The topological polar surface area (TPSA) is 29.1 Å². The minimum Gasteiger partial charge on any atom is -0.333 e. The maximum Gasteiger partial charge on any atom is 0.227 e. The molecule has 0 saturated carbocycles. The van der Waals surface area contributed by atoms with Crippen LogP contribution in [0.25, 0.3) is 0 Å². The number of hydrogen-bond acceptors (Lipinski definition) is 1. The molecule has 2 heteroatoms. The number of hydrogen-bond donors (Lipinski definition) is 1. The van der Waals surface area contributed by atoms with Crippen molar-refractivity contribution in [2.75, 3.05) is 0 Å². The Morgan fingerprint density at radius 3 is 2.67 bits per heavy atom. The molecule has 0 spiro atoms. The number of carbonyl (C=O) groups excluding carboxylic acids is 1. The predicted molar refractivity (Wildman–Crippen MR) is 35.6 cm³/mol. The fraction of sp³-hybridized carbons (Fsp3) is 0.571. The van der Waals surface area contributed by atoms with E-state index < -0.39 is 0 Å². The normalized spacial score (nSPS) is 34.2. The van der Waals surface area contributed by atoms with Gasteiger partial charge in [-0.3, -0.25) is 4.79 Å². The van der Waals surface area contributed by atoms with Crippen molar-refractivity contribution in [3.8, 4) is 0 Å². The SMILES string of the molecule is CC1C=CNC(=O)C1C. The van der Waals surface area contributed by atoms with Crippen LogP contribution in [0.4, 0.5) is 0 Å². The minimum atomic E-state index is 0.130. The second kappa shape index (κ2) is 2.21. The van der Waals surface area contributed by atoms with Gasteiger partial charge in [0.15, 0.2) is 0 Å². The van der Waals surface area contributed by atoms with Gasteiger partial charge in [0, 0.05) is 12.1 Å². The van der Waals surface area contributed by atoms with Gasteiger partial charge in [-0.1, -0.05) is 19.9 Å². The van der Waals surface area contributed by atoms with Gasteiger partial charge in [0.05, 0.1) is 0 Å². The molecule has 1 aliphatic rings. The molecular weight excluding hydrogens is 114 g/mol. The second-order valence-electron chi connectivity index (χ2n) is 2.52. The Morgan fingerprint density at radius 2 is 2.22 bits per heavy atom. The molecule has 0 aromatic heterocycles. The van der Waals surface area contributed by atoms with Crippen LogP contribution in [0.5, 0.6) is 0 Å². The summed E-state index contributed by atoms with van der Waals surface area (Å²) in [7, 11) is 0. The van der Waals surface area contributed by atoms with Crippen LogP contribution in [0.2, 0.25) is 0 Å². The zero-order valence-corrected chi connectivity index (χ0v) is 5.72. The highest BCUT2D eigenvalue weighted by Crippen LogP contribution is 2.14. The molecule has 9 heavy (non-hydrogen) atoms. The number of rotatable bonds is 0. The molecule has 1 N–H and O–H groups in total. The summed E-state index contributed by atoms with van der Waals surface area (Å²) in [5, 5.41) is 2.64. The Bertz CT molecular complexity index is 151. The van der Waals surface area contributed by atoms with Crippen LogP contribution in [0, 0.1) is 11.8 Å². The van der Waals surface area contributed by atoms with Crippen molar-refractivity contribution >= 4 is 5.91 Å². The van der Waals surface area contributed by atoms with E-state index in [2.05, 4.69) is 5.32 Å². The zero-order chi connectivity index (χ0) is 6.85. The maximum absolute atomic E-state index is 10.8. The van der Waals surface area contributed by atoms with Crippen molar-refractivity contribution in [2.24, 2.45) is 11.8 Å². The van der Waals surface area contributed by atoms with Crippen LogP contribution in [-0.2, 0) is 4.79 Å². The summed E-state index contributed by atoms with van der Waals surface area (Å²) in [6.45, 7) is 3.98. The van der Waals surface area contributed by atoms with Gasteiger partial charge in [-0.2, -0.15) is 0 Å². The fourth-order valence-electron chi connectivity index (χ4n) is 0.819. The molecule has 0 fully saturated rings. The minimum absolute atomic E-state index is 0.130. The lowest BCUT2D eigenvalue weighted by molar-refractivity contribution is -0.124. The molecule has 2 unspecified atom stereocenters. The smallest absolute Gasteiger partial charge is 0.227 e. The van der Waals surface area contributed by atoms with Gasteiger partial charge in [-0.25, -0.2) is 0 Å². The number of allylic oxidation sites excluding steroid dienone is 1. The van der Waals surface area contributed by atoms with Crippen LogP contribution in [0.3, 0.4) is 0 Å². The molecule has 1 amide bonds. The Morgan fingerprint density at radius 1 is 1.56 bits per heavy atom. The average Bonchev–Trinajstić information content (AvgIpc) is 1.83. The molecule has 2 nitrogen and oxygen atoms in total. The van der Waals surface area contributed by atoms with Gasteiger partial charge in [-0.15, -0.1) is 0 Å². The predicted octanol–water partition coefficient (Wildman–Crippen LogP) is 0.902. The molecular formula is C7H11NO. The molecule has 2 atom stereocenters. The first-order valence-electron chi connectivity index (χ1n) is 3.19. The monoisotopic (exact) mass is 125 g/mol. The first-order chi connectivity index (χ1) is 4.22. The molecule has 1 heterocycles. The first kappa shape index (κ1) is 6.33. The van der Waals surface area contributed by atoms with E-state index in [0.717, 1.165) is 0 Å². The average molecular weight is 125 g/mol. The Labute approximate surface area is 54.9 Å². The Balaban J connectivity index is 2.69. The van der Waals surface area contributed by atoms with Crippen LogP contribution >= 0.6 is 0 Å². The molecule has 0 bridgehead atoms. The lowest BCUT2D eigenvalue weighted by Crippen LogP contribution is -2.32. The van der Waals surface area contributed by atoms with Crippen LogP contribution < -0.4 is 5.32 Å². The van der Waals surface area contributed by atoms with E-state index in [4.69, 9.17) is 0 Å². The van der Waals surface area contributed by atoms with Crippen molar-refractivity contribution in [1.82, 2.24) is 5.32 Å². The summed E-state index contributed by atoms with van der Waals surface area (Å²) < 4.78 is 0. The lowest BCUT2D eigenvalue weighted by atomic mass is 9.93. The third kappa shape index (κ3) is 1.12. The van der Waals surface area contributed by atoms with Crippen molar-refractivity contribution in [1.29, 1.82) is 0 Å². The highest BCUT2D eigenvalue weighted by molar-refractivity contribution is 5.80. The lowest BCUT2D eigenvalue weighted by Gasteiger charge is -2.18. The van der Waals surface area contributed by atoms with Gasteiger partial charge >= 0.3 is 0 Å². The van der Waals surface area contributed by atoms with Gasteiger partial charge in [-0.05, 0) is 5.92 Å². The quantitative estimate of drug-likeness (QED) is 0.512. The fourth-order valence-corrected chi connectivity index (χ4v) is 0.819. The standard InChI is InChI=1S/C7H11NO/c1-5-3-4-8-7(9)6(5)2/h3-6H,1-2H3,(H,8,9). The van der Waals surface area contributed by atoms with E-state index in [1.54, 1.807) is 6.20 Å². The van der Waals surface area contributed by atoms with Crippen molar-refractivity contribution in [3.63, 3.8) is 0 Å². The molecule has 1 rings (SSSR count).